The Balaban J connectivity index is 1.82. The number of nitrogen functional groups attached to an aromatic ring is 1. The predicted octanol–water partition coefficient (Wildman–Crippen LogP) is 3.38. The maximum atomic E-state index is 12.2. The van der Waals surface area contributed by atoms with Crippen LogP contribution in [0.2, 0.25) is 0 Å². The van der Waals surface area contributed by atoms with E-state index in [0.717, 1.165) is 29.8 Å². The molecule has 0 saturated heterocycles. The highest BCUT2D eigenvalue weighted by Crippen LogP contribution is 2.28. The largest absolute Gasteiger partial charge is 0.399 e. The Kier molecular flexibility index (Phi) is 6.43. The Bertz CT molecular complexity index is 462. The fourth-order valence-electron chi connectivity index (χ4n) is 2.96. The lowest BCUT2D eigenvalue weighted by molar-refractivity contribution is -0.121. The van der Waals surface area contributed by atoms with Crippen molar-refractivity contribution in [3.63, 3.8) is 0 Å². The lowest BCUT2D eigenvalue weighted by atomic mass is 9.94. The third-order valence-corrected chi connectivity index (χ3v) is 5.43. The lowest BCUT2D eigenvalue weighted by Crippen LogP contribution is -2.43. The molecule has 0 bridgehead atoms. The molecule has 0 heterocycles. The van der Waals surface area contributed by atoms with Gasteiger partial charge in [0.25, 0.3) is 0 Å². The van der Waals surface area contributed by atoms with Crippen LogP contribution in [-0.2, 0) is 11.2 Å². The van der Waals surface area contributed by atoms with Gasteiger partial charge in [-0.1, -0.05) is 38.0 Å². The summed E-state index contributed by atoms with van der Waals surface area (Å²) < 4.78 is 0. The molecule has 1 aliphatic rings. The van der Waals surface area contributed by atoms with Crippen molar-refractivity contribution in [3.8, 4) is 0 Å². The SMILES string of the molecule is CCSC1CCCCC1NC(=O)CCc1ccccc1N. The first-order valence-corrected chi connectivity index (χ1v) is 9.00. The van der Waals surface area contributed by atoms with Crippen LogP contribution in [0.15, 0.2) is 24.3 Å². The average Bonchev–Trinajstić information content (AvgIpc) is 2.49. The van der Waals surface area contributed by atoms with Gasteiger partial charge in [-0.3, -0.25) is 4.79 Å². The molecule has 21 heavy (non-hydrogen) atoms. The van der Waals surface area contributed by atoms with Crippen LogP contribution in [0.4, 0.5) is 5.69 Å². The lowest BCUT2D eigenvalue weighted by Gasteiger charge is -2.31. The van der Waals surface area contributed by atoms with E-state index in [1.54, 1.807) is 0 Å². The molecule has 116 valence electrons. The van der Waals surface area contributed by atoms with Crippen LogP contribution in [0, 0.1) is 0 Å². The summed E-state index contributed by atoms with van der Waals surface area (Å²) in [7, 11) is 0. The Morgan fingerprint density at radius 1 is 1.33 bits per heavy atom. The number of aryl methyl sites for hydroxylation is 1. The summed E-state index contributed by atoms with van der Waals surface area (Å²) in [5.74, 6) is 1.28. The monoisotopic (exact) mass is 306 g/mol. The zero-order valence-corrected chi connectivity index (χ0v) is 13.6. The number of nitrogens with two attached hydrogens (primary N) is 1. The molecule has 1 aromatic carbocycles. The summed E-state index contributed by atoms with van der Waals surface area (Å²) in [5.41, 5.74) is 7.76. The number of hydrogen-bond acceptors (Lipinski definition) is 3. The van der Waals surface area contributed by atoms with Crippen LogP contribution in [-0.4, -0.2) is 23.0 Å². The molecule has 2 unspecified atom stereocenters. The van der Waals surface area contributed by atoms with Crippen LogP contribution < -0.4 is 11.1 Å². The molecule has 1 amide bonds. The van der Waals surface area contributed by atoms with Crippen molar-refractivity contribution in [2.75, 3.05) is 11.5 Å². The van der Waals surface area contributed by atoms with Gasteiger partial charge >= 0.3 is 0 Å². The number of rotatable bonds is 6. The third-order valence-electron chi connectivity index (χ3n) is 4.11. The molecule has 0 aromatic heterocycles. The zero-order valence-electron chi connectivity index (χ0n) is 12.8. The minimum Gasteiger partial charge on any atom is -0.399 e. The van der Waals surface area contributed by atoms with Crippen LogP contribution in [0.25, 0.3) is 0 Å². The van der Waals surface area contributed by atoms with E-state index in [9.17, 15) is 4.79 Å². The molecular weight excluding hydrogens is 280 g/mol. The van der Waals surface area contributed by atoms with E-state index in [0.29, 0.717) is 17.7 Å². The van der Waals surface area contributed by atoms with Crippen molar-refractivity contribution >= 4 is 23.4 Å². The molecule has 2 rings (SSSR count). The second kappa shape index (κ2) is 8.32. The number of hydrogen-bond donors (Lipinski definition) is 2. The van der Waals surface area contributed by atoms with Gasteiger partial charge in [0.05, 0.1) is 0 Å². The van der Waals surface area contributed by atoms with Crippen molar-refractivity contribution in [3.05, 3.63) is 29.8 Å². The zero-order chi connectivity index (χ0) is 15.1. The number of amides is 1. The van der Waals surface area contributed by atoms with E-state index >= 15 is 0 Å². The van der Waals surface area contributed by atoms with Crippen LogP contribution >= 0.6 is 11.8 Å². The smallest absolute Gasteiger partial charge is 0.220 e. The van der Waals surface area contributed by atoms with Crippen molar-refractivity contribution in [2.24, 2.45) is 0 Å². The number of nitrogens with one attached hydrogen (secondary N) is 1. The molecule has 0 aliphatic heterocycles. The van der Waals surface area contributed by atoms with Crippen molar-refractivity contribution in [2.45, 2.75) is 56.7 Å². The number of para-hydroxylation sites is 1. The summed E-state index contributed by atoms with van der Waals surface area (Å²) in [5, 5.41) is 3.84. The Morgan fingerprint density at radius 3 is 2.86 bits per heavy atom. The minimum atomic E-state index is 0.159. The van der Waals surface area contributed by atoms with E-state index in [1.807, 2.05) is 36.0 Å². The number of benzene rings is 1. The maximum Gasteiger partial charge on any atom is 0.220 e. The summed E-state index contributed by atoms with van der Waals surface area (Å²) in [6, 6.07) is 8.14. The summed E-state index contributed by atoms with van der Waals surface area (Å²) in [4.78, 5) is 12.2. The van der Waals surface area contributed by atoms with Gasteiger partial charge < -0.3 is 11.1 Å². The standard InChI is InChI=1S/C17H26N2OS/c1-2-21-16-10-6-5-9-15(16)19-17(20)12-11-13-7-3-4-8-14(13)18/h3-4,7-8,15-16H,2,5-6,9-12,18H2,1H3,(H,19,20). The molecule has 0 radical (unpaired) electrons. The third kappa shape index (κ3) is 4.95. The molecule has 2 atom stereocenters. The van der Waals surface area contributed by atoms with Gasteiger partial charge in [-0.2, -0.15) is 11.8 Å². The summed E-state index contributed by atoms with van der Waals surface area (Å²) >= 11 is 1.98. The molecule has 1 aliphatic carbocycles. The maximum absolute atomic E-state index is 12.2. The van der Waals surface area contributed by atoms with Crippen molar-refractivity contribution < 1.29 is 4.79 Å². The van der Waals surface area contributed by atoms with E-state index in [2.05, 4.69) is 12.2 Å². The molecule has 3 N–H and O–H groups in total. The Labute approximate surface area is 132 Å². The van der Waals surface area contributed by atoms with Crippen LogP contribution in [0.3, 0.4) is 0 Å². The number of carbonyl (C=O) groups excluding carboxylic acids is 1. The second-order valence-electron chi connectivity index (χ2n) is 5.65. The van der Waals surface area contributed by atoms with Gasteiger partial charge in [0.15, 0.2) is 0 Å². The number of carbonyl (C=O) groups is 1. The van der Waals surface area contributed by atoms with Gasteiger partial charge in [-0.25, -0.2) is 0 Å². The van der Waals surface area contributed by atoms with E-state index < -0.39 is 0 Å². The average molecular weight is 306 g/mol. The highest BCUT2D eigenvalue weighted by molar-refractivity contribution is 7.99. The van der Waals surface area contributed by atoms with Gasteiger partial charge in [-0.15, -0.1) is 0 Å². The van der Waals surface area contributed by atoms with Crippen molar-refractivity contribution in [1.82, 2.24) is 5.32 Å². The Hall–Kier alpha value is -1.16. The molecule has 4 heteroatoms. The second-order valence-corrected chi connectivity index (χ2v) is 7.17. The molecular formula is C17H26N2OS. The molecule has 0 spiro atoms. The van der Waals surface area contributed by atoms with Gasteiger partial charge in [0.1, 0.15) is 0 Å². The Morgan fingerprint density at radius 2 is 2.10 bits per heavy atom. The summed E-state index contributed by atoms with van der Waals surface area (Å²) in [6.45, 7) is 2.19. The number of thioether (sulfide) groups is 1. The first-order chi connectivity index (χ1) is 10.2. The highest BCUT2D eigenvalue weighted by Gasteiger charge is 2.26. The van der Waals surface area contributed by atoms with Gasteiger partial charge in [0.2, 0.25) is 5.91 Å². The molecule has 1 saturated carbocycles. The van der Waals surface area contributed by atoms with Crippen LogP contribution in [0.5, 0.6) is 0 Å². The fraction of sp³-hybridized carbons (Fsp3) is 0.588. The van der Waals surface area contributed by atoms with E-state index in [1.165, 1.54) is 19.3 Å². The first-order valence-electron chi connectivity index (χ1n) is 7.95. The quantitative estimate of drug-likeness (QED) is 0.792. The molecule has 1 fully saturated rings. The van der Waals surface area contributed by atoms with E-state index in [4.69, 9.17) is 5.73 Å². The first kappa shape index (κ1) is 16.2. The van der Waals surface area contributed by atoms with Gasteiger partial charge in [-0.05, 0) is 36.6 Å². The number of anilines is 1. The van der Waals surface area contributed by atoms with Crippen LogP contribution in [0.1, 0.15) is 44.6 Å². The predicted molar refractivity (Wildman–Crippen MR) is 91.5 cm³/mol. The van der Waals surface area contributed by atoms with Crippen molar-refractivity contribution in [1.29, 1.82) is 0 Å². The van der Waals surface area contributed by atoms with E-state index in [-0.39, 0.29) is 5.91 Å². The normalized spacial score (nSPS) is 22.0. The summed E-state index contributed by atoms with van der Waals surface area (Å²) in [6.07, 6.45) is 6.12. The topological polar surface area (TPSA) is 55.1 Å². The molecule has 1 aromatic rings. The highest BCUT2D eigenvalue weighted by atomic mass is 32.2. The fourth-order valence-corrected chi connectivity index (χ4v) is 4.16. The molecule has 3 nitrogen and oxygen atoms in total. The van der Waals surface area contributed by atoms with Gasteiger partial charge in [0, 0.05) is 23.4 Å². The minimum absolute atomic E-state index is 0.159.